The van der Waals surface area contributed by atoms with Crippen molar-refractivity contribution in [2.45, 2.75) is 25.2 Å². The van der Waals surface area contributed by atoms with Crippen LogP contribution in [0.5, 0.6) is 0 Å². The van der Waals surface area contributed by atoms with Crippen molar-refractivity contribution in [2.75, 3.05) is 25.9 Å². The molecule has 1 amide bonds. The molecule has 2 fully saturated rings. The molecule has 1 N–H and O–H groups in total. The van der Waals surface area contributed by atoms with Crippen molar-refractivity contribution in [3.05, 3.63) is 30.1 Å². The van der Waals surface area contributed by atoms with Crippen molar-refractivity contribution in [2.24, 2.45) is 11.8 Å². The first-order chi connectivity index (χ1) is 10.3. The van der Waals surface area contributed by atoms with E-state index in [9.17, 15) is 4.79 Å². The summed E-state index contributed by atoms with van der Waals surface area (Å²) in [5.41, 5.74) is 1.20. The summed E-state index contributed by atoms with van der Waals surface area (Å²) in [6, 6.07) is 4.01. The van der Waals surface area contributed by atoms with E-state index in [0.29, 0.717) is 5.92 Å². The van der Waals surface area contributed by atoms with Gasteiger partial charge < -0.3 is 5.32 Å². The molecule has 2 heterocycles. The zero-order valence-electron chi connectivity index (χ0n) is 12.5. The van der Waals surface area contributed by atoms with E-state index in [1.807, 2.05) is 24.2 Å². The van der Waals surface area contributed by atoms with Crippen LogP contribution < -0.4 is 5.32 Å². The van der Waals surface area contributed by atoms with Crippen LogP contribution in [0.3, 0.4) is 0 Å². The Morgan fingerprint density at radius 1 is 1.57 bits per heavy atom. The van der Waals surface area contributed by atoms with Gasteiger partial charge in [-0.25, -0.2) is 0 Å². The average Bonchev–Trinajstić information content (AvgIpc) is 3.20. The maximum absolute atomic E-state index is 12.1. The Kier molecular flexibility index (Phi) is 4.80. The van der Waals surface area contributed by atoms with Gasteiger partial charge in [0, 0.05) is 37.9 Å². The van der Waals surface area contributed by atoms with Gasteiger partial charge >= 0.3 is 0 Å². The van der Waals surface area contributed by atoms with E-state index in [4.69, 9.17) is 0 Å². The maximum Gasteiger partial charge on any atom is 0.223 e. The van der Waals surface area contributed by atoms with Crippen molar-refractivity contribution in [1.29, 1.82) is 0 Å². The lowest BCUT2D eigenvalue weighted by molar-refractivity contribution is -0.122. The Balaban J connectivity index is 1.36. The van der Waals surface area contributed by atoms with Gasteiger partial charge in [-0.15, -0.1) is 0 Å². The van der Waals surface area contributed by atoms with Crippen LogP contribution in [0.25, 0.3) is 0 Å². The first-order valence-electron chi connectivity index (χ1n) is 7.74. The Labute approximate surface area is 130 Å². The number of hydrogen-bond acceptors (Lipinski definition) is 4. The highest BCUT2D eigenvalue weighted by Gasteiger charge is 2.43. The second-order valence-corrected chi connectivity index (χ2v) is 6.92. The Morgan fingerprint density at radius 3 is 3.19 bits per heavy atom. The molecule has 1 aliphatic carbocycles. The van der Waals surface area contributed by atoms with Gasteiger partial charge in [-0.1, -0.05) is 18.0 Å². The van der Waals surface area contributed by atoms with Crippen LogP contribution in [-0.2, 0) is 4.79 Å². The number of carbonyl (C=O) groups excluding carboxylic acids is 1. The molecule has 1 aromatic rings. The number of carbonyl (C=O) groups is 1. The van der Waals surface area contributed by atoms with Crippen LogP contribution in [0.1, 0.15) is 30.7 Å². The predicted molar refractivity (Wildman–Crippen MR) is 85.9 cm³/mol. The van der Waals surface area contributed by atoms with E-state index >= 15 is 0 Å². The van der Waals surface area contributed by atoms with E-state index in [0.717, 1.165) is 25.3 Å². The van der Waals surface area contributed by atoms with Crippen molar-refractivity contribution < 1.29 is 4.79 Å². The van der Waals surface area contributed by atoms with Gasteiger partial charge in [0.05, 0.1) is 0 Å². The summed E-state index contributed by atoms with van der Waals surface area (Å²) >= 11 is 1.83. The topological polar surface area (TPSA) is 45.2 Å². The van der Waals surface area contributed by atoms with Crippen molar-refractivity contribution in [3.8, 4) is 0 Å². The first kappa shape index (κ1) is 14.9. The highest BCUT2D eigenvalue weighted by Crippen LogP contribution is 2.47. The minimum Gasteiger partial charge on any atom is -0.356 e. The third kappa shape index (κ3) is 3.77. The molecule has 1 aliphatic heterocycles. The van der Waals surface area contributed by atoms with Gasteiger partial charge in [0.15, 0.2) is 0 Å². The largest absolute Gasteiger partial charge is 0.356 e. The summed E-state index contributed by atoms with van der Waals surface area (Å²) in [6.45, 7) is 3.17. The van der Waals surface area contributed by atoms with Crippen LogP contribution in [0.4, 0.5) is 0 Å². The van der Waals surface area contributed by atoms with E-state index < -0.39 is 0 Å². The molecular weight excluding hydrogens is 282 g/mol. The molecule has 21 heavy (non-hydrogen) atoms. The van der Waals surface area contributed by atoms with Gasteiger partial charge in [0.1, 0.15) is 0 Å². The van der Waals surface area contributed by atoms with E-state index in [-0.39, 0.29) is 11.8 Å². The lowest BCUT2D eigenvalue weighted by Gasteiger charge is -2.12. The van der Waals surface area contributed by atoms with Gasteiger partial charge in [0.2, 0.25) is 5.91 Å². The fourth-order valence-electron chi connectivity index (χ4n) is 3.18. The normalized spacial score (nSPS) is 28.5. The number of hydrogen-bond donors (Lipinski definition) is 1. The maximum atomic E-state index is 12.1. The minimum absolute atomic E-state index is 0.167. The summed E-state index contributed by atoms with van der Waals surface area (Å²) < 4.78 is 2.41. The number of nitrogens with one attached hydrogen (secondary N) is 1. The molecule has 114 valence electrons. The standard InChI is InChI=1S/C16H23N3OS/c1-21-19-8-5-12(11-19)4-7-18-16(20)15-9-14(15)13-3-2-6-17-10-13/h2-3,6,10,12,14-15H,4-5,7-9,11H2,1H3,(H,18,20). The second-order valence-electron chi connectivity index (χ2n) is 6.04. The number of nitrogens with zero attached hydrogens (tertiary/aromatic N) is 2. The zero-order valence-corrected chi connectivity index (χ0v) is 13.3. The molecule has 0 radical (unpaired) electrons. The summed E-state index contributed by atoms with van der Waals surface area (Å²) in [4.78, 5) is 16.3. The molecule has 3 atom stereocenters. The molecule has 1 aromatic heterocycles. The fourth-order valence-corrected chi connectivity index (χ4v) is 3.83. The lowest BCUT2D eigenvalue weighted by Crippen LogP contribution is -2.28. The summed E-state index contributed by atoms with van der Waals surface area (Å²) in [6.07, 6.45) is 9.14. The van der Waals surface area contributed by atoms with Crippen molar-refractivity contribution in [1.82, 2.24) is 14.6 Å². The summed E-state index contributed by atoms with van der Waals surface area (Å²) in [5, 5.41) is 3.12. The predicted octanol–water partition coefficient (Wildman–Crippen LogP) is 2.29. The summed E-state index contributed by atoms with van der Waals surface area (Å²) in [5.74, 6) is 1.52. The summed E-state index contributed by atoms with van der Waals surface area (Å²) in [7, 11) is 0. The number of aromatic nitrogens is 1. The highest BCUT2D eigenvalue weighted by molar-refractivity contribution is 7.96. The first-order valence-corrected chi connectivity index (χ1v) is 8.92. The minimum atomic E-state index is 0.167. The molecule has 3 rings (SSSR count). The van der Waals surface area contributed by atoms with E-state index in [1.165, 1.54) is 25.1 Å². The van der Waals surface area contributed by atoms with Gasteiger partial charge in [0.25, 0.3) is 0 Å². The molecule has 4 nitrogen and oxygen atoms in total. The molecule has 0 aromatic carbocycles. The van der Waals surface area contributed by atoms with Crippen LogP contribution in [0.15, 0.2) is 24.5 Å². The fraction of sp³-hybridized carbons (Fsp3) is 0.625. The van der Waals surface area contributed by atoms with Crippen LogP contribution in [0, 0.1) is 11.8 Å². The number of pyridine rings is 1. The molecule has 0 bridgehead atoms. The van der Waals surface area contributed by atoms with Gasteiger partial charge in [-0.3, -0.25) is 14.1 Å². The highest BCUT2D eigenvalue weighted by atomic mass is 32.2. The second kappa shape index (κ2) is 6.79. The molecule has 5 heteroatoms. The Bertz CT molecular complexity index is 482. The number of rotatable bonds is 6. The third-order valence-corrected chi connectivity index (χ3v) is 5.45. The number of amides is 1. The van der Waals surface area contributed by atoms with Crippen LogP contribution >= 0.6 is 11.9 Å². The molecule has 1 saturated carbocycles. The molecule has 0 spiro atoms. The van der Waals surface area contributed by atoms with E-state index in [2.05, 4.69) is 26.9 Å². The molecule has 3 unspecified atom stereocenters. The van der Waals surface area contributed by atoms with Crippen molar-refractivity contribution >= 4 is 17.9 Å². The Morgan fingerprint density at radius 2 is 2.48 bits per heavy atom. The molecule has 2 aliphatic rings. The van der Waals surface area contributed by atoms with Crippen LogP contribution in [0.2, 0.25) is 0 Å². The van der Waals surface area contributed by atoms with Crippen LogP contribution in [-0.4, -0.2) is 41.1 Å². The SMILES string of the molecule is CSN1CCC(CCNC(=O)C2CC2c2cccnc2)C1. The average molecular weight is 305 g/mol. The van der Waals surface area contributed by atoms with Gasteiger partial charge in [-0.05, 0) is 49.0 Å². The smallest absolute Gasteiger partial charge is 0.223 e. The lowest BCUT2D eigenvalue weighted by atomic mass is 10.1. The van der Waals surface area contributed by atoms with Crippen molar-refractivity contribution in [3.63, 3.8) is 0 Å². The van der Waals surface area contributed by atoms with Gasteiger partial charge in [-0.2, -0.15) is 0 Å². The molecule has 1 saturated heterocycles. The molecular formula is C16H23N3OS. The Hall–Kier alpha value is -1.07. The van der Waals surface area contributed by atoms with E-state index in [1.54, 1.807) is 6.20 Å². The quantitative estimate of drug-likeness (QED) is 0.819. The monoisotopic (exact) mass is 305 g/mol. The zero-order chi connectivity index (χ0) is 14.7. The third-order valence-electron chi connectivity index (χ3n) is 4.60.